The van der Waals surface area contributed by atoms with E-state index in [1.807, 2.05) is 0 Å². The summed E-state index contributed by atoms with van der Waals surface area (Å²) in [5.74, 6) is -1.34. The number of halogens is 2. The van der Waals surface area contributed by atoms with Gasteiger partial charge in [-0.2, -0.15) is 13.1 Å². The average molecular weight is 563 g/mol. The zero-order valence-electron chi connectivity index (χ0n) is 20.0. The number of carbonyl (C=O) groups is 1. The maximum atomic E-state index is 13.3. The zero-order chi connectivity index (χ0) is 27.9. The quantitative estimate of drug-likeness (QED) is 0.149. The minimum atomic E-state index is -3.99. The van der Waals surface area contributed by atoms with E-state index in [2.05, 4.69) is 4.74 Å². The van der Waals surface area contributed by atoms with Crippen molar-refractivity contribution in [2.24, 2.45) is 0 Å². The average Bonchev–Trinajstić information content (AvgIpc) is 3.28. The number of esters is 1. The van der Waals surface area contributed by atoms with E-state index in [-0.39, 0.29) is 75.5 Å². The number of nitro groups is 1. The highest BCUT2D eigenvalue weighted by Gasteiger charge is 2.30. The zero-order valence-corrected chi connectivity index (χ0v) is 20.8. The maximum Gasteiger partial charge on any atom is 0.387 e. The molecule has 3 aromatic carbocycles. The van der Waals surface area contributed by atoms with Gasteiger partial charge >= 0.3 is 12.6 Å². The predicted molar refractivity (Wildman–Crippen MR) is 132 cm³/mol. The number of non-ortho nitro benzene ring substituents is 1. The third-order valence-corrected chi connectivity index (χ3v) is 8.20. The van der Waals surface area contributed by atoms with Gasteiger partial charge in [0, 0.05) is 36.0 Å². The van der Waals surface area contributed by atoms with E-state index in [0.29, 0.717) is 0 Å². The molecule has 1 aliphatic heterocycles. The van der Waals surface area contributed by atoms with Crippen LogP contribution in [-0.4, -0.2) is 54.5 Å². The number of hydrogen-bond acceptors (Lipinski definition) is 9. The van der Waals surface area contributed by atoms with Crippen molar-refractivity contribution in [2.45, 2.75) is 30.5 Å². The molecule has 5 rings (SSSR count). The van der Waals surface area contributed by atoms with Gasteiger partial charge in [-0.25, -0.2) is 13.2 Å². The highest BCUT2D eigenvalue weighted by molar-refractivity contribution is 7.89. The number of fused-ring (bicyclic) bond motifs is 3. The van der Waals surface area contributed by atoms with Crippen LogP contribution in [-0.2, 0) is 10.0 Å². The van der Waals surface area contributed by atoms with Crippen LogP contribution >= 0.6 is 0 Å². The van der Waals surface area contributed by atoms with Gasteiger partial charge in [0.1, 0.15) is 11.3 Å². The van der Waals surface area contributed by atoms with Crippen LogP contribution in [0.4, 0.5) is 14.5 Å². The summed E-state index contributed by atoms with van der Waals surface area (Å²) in [5, 5.41) is 20.7. The summed E-state index contributed by atoms with van der Waals surface area (Å²) in [6, 6.07) is 10.9. The van der Waals surface area contributed by atoms with Gasteiger partial charge in [-0.05, 0) is 55.3 Å². The van der Waals surface area contributed by atoms with Crippen molar-refractivity contribution >= 4 is 43.6 Å². The third-order valence-electron chi connectivity index (χ3n) is 6.31. The summed E-state index contributed by atoms with van der Waals surface area (Å²) < 4.78 is 69.6. The number of benzene rings is 3. The van der Waals surface area contributed by atoms with Crippen LogP contribution in [0, 0.1) is 10.1 Å². The fourth-order valence-corrected chi connectivity index (χ4v) is 5.88. The van der Waals surface area contributed by atoms with E-state index >= 15 is 0 Å². The highest BCUT2D eigenvalue weighted by atomic mass is 32.2. The number of ether oxygens (including phenoxy) is 2. The van der Waals surface area contributed by atoms with Crippen molar-refractivity contribution in [3.8, 4) is 11.5 Å². The van der Waals surface area contributed by atoms with Gasteiger partial charge in [0.05, 0.1) is 21.5 Å². The standard InChI is InChI=1S/C25H20F2N2O9S/c26-25(27)38-21-8-6-18(24(31)36-16-3-1-14(2-4-16)29(32)33)22-19-13-17(5-7-20(19)37-23(21)22)39(34,35)28-11-9-15(30)10-12-28/h1-8,13,15,25,30H,9-12H2. The number of nitrogens with zero attached hydrogens (tertiary/aromatic N) is 2. The van der Waals surface area contributed by atoms with Gasteiger partial charge in [0.2, 0.25) is 10.0 Å². The number of furan rings is 1. The molecule has 204 valence electrons. The molecule has 39 heavy (non-hydrogen) atoms. The lowest BCUT2D eigenvalue weighted by Crippen LogP contribution is -2.39. The van der Waals surface area contributed by atoms with Crippen LogP contribution < -0.4 is 9.47 Å². The number of sulfonamides is 1. The molecule has 0 spiro atoms. The van der Waals surface area contributed by atoms with Crippen molar-refractivity contribution in [3.63, 3.8) is 0 Å². The second kappa shape index (κ2) is 10.2. The first-order chi connectivity index (χ1) is 18.5. The van der Waals surface area contributed by atoms with E-state index in [9.17, 15) is 37.2 Å². The van der Waals surface area contributed by atoms with Gasteiger partial charge in [-0.1, -0.05) is 0 Å². The normalized spacial score (nSPS) is 15.2. The van der Waals surface area contributed by atoms with Crippen LogP contribution in [0.1, 0.15) is 23.2 Å². The van der Waals surface area contributed by atoms with E-state index in [4.69, 9.17) is 9.15 Å². The number of aliphatic hydroxyl groups excluding tert-OH is 1. The molecule has 1 N–H and O–H groups in total. The summed E-state index contributed by atoms with van der Waals surface area (Å²) in [4.78, 5) is 23.3. The van der Waals surface area contributed by atoms with Crippen LogP contribution in [0.5, 0.6) is 11.5 Å². The van der Waals surface area contributed by atoms with Crippen LogP contribution in [0.25, 0.3) is 21.9 Å². The van der Waals surface area contributed by atoms with E-state index < -0.39 is 33.6 Å². The maximum absolute atomic E-state index is 13.3. The monoisotopic (exact) mass is 562 g/mol. The molecule has 1 fully saturated rings. The summed E-state index contributed by atoms with van der Waals surface area (Å²) in [5.41, 5.74) is -0.477. The van der Waals surface area contributed by atoms with Crippen molar-refractivity contribution in [1.29, 1.82) is 0 Å². The molecule has 1 aromatic heterocycles. The number of carbonyl (C=O) groups excluding carboxylic acids is 1. The van der Waals surface area contributed by atoms with Gasteiger partial charge in [0.25, 0.3) is 5.69 Å². The Morgan fingerprint density at radius 2 is 1.79 bits per heavy atom. The second-order valence-electron chi connectivity index (χ2n) is 8.73. The van der Waals surface area contributed by atoms with E-state index in [1.54, 1.807) is 0 Å². The summed E-state index contributed by atoms with van der Waals surface area (Å²) in [6.07, 6.45) is -0.0269. The Morgan fingerprint density at radius 3 is 2.44 bits per heavy atom. The van der Waals surface area contributed by atoms with Crippen molar-refractivity contribution in [1.82, 2.24) is 4.31 Å². The number of piperidine rings is 1. The van der Waals surface area contributed by atoms with Crippen LogP contribution in [0.15, 0.2) is 63.9 Å². The lowest BCUT2D eigenvalue weighted by Gasteiger charge is -2.28. The SMILES string of the molecule is O=C(Oc1ccc([N+](=O)[O-])cc1)c1ccc(OC(F)F)c2oc3ccc(S(=O)(=O)N4CCC(O)CC4)cc3c12. The van der Waals surface area contributed by atoms with Crippen molar-refractivity contribution in [2.75, 3.05) is 13.1 Å². The molecule has 2 heterocycles. The molecule has 1 aliphatic rings. The summed E-state index contributed by atoms with van der Waals surface area (Å²) >= 11 is 0. The Bertz CT molecular complexity index is 1680. The molecule has 0 atom stereocenters. The molecular weight excluding hydrogens is 542 g/mol. The lowest BCUT2D eigenvalue weighted by atomic mass is 10.1. The molecule has 0 saturated carbocycles. The first-order valence-electron chi connectivity index (χ1n) is 11.6. The Morgan fingerprint density at radius 1 is 1.10 bits per heavy atom. The topological polar surface area (TPSA) is 149 Å². The first-order valence-corrected chi connectivity index (χ1v) is 13.1. The molecule has 0 bridgehead atoms. The van der Waals surface area contributed by atoms with Gasteiger partial charge in [-0.15, -0.1) is 0 Å². The minimum Gasteiger partial charge on any atom is -0.452 e. The molecule has 0 radical (unpaired) electrons. The predicted octanol–water partition coefficient (Wildman–Crippen LogP) is 4.46. The fraction of sp³-hybridized carbons (Fsp3) is 0.240. The number of nitro benzene ring substituents is 1. The lowest BCUT2D eigenvalue weighted by molar-refractivity contribution is -0.384. The molecule has 14 heteroatoms. The molecule has 0 unspecified atom stereocenters. The second-order valence-corrected chi connectivity index (χ2v) is 10.7. The Labute approximate surface area is 219 Å². The molecule has 0 aliphatic carbocycles. The molecule has 1 saturated heterocycles. The van der Waals surface area contributed by atoms with E-state index in [1.165, 1.54) is 40.7 Å². The Kier molecular flexibility index (Phi) is 6.92. The Hall–Kier alpha value is -4.14. The number of hydrogen-bond donors (Lipinski definition) is 1. The summed E-state index contributed by atoms with van der Waals surface area (Å²) in [6.45, 7) is -2.97. The minimum absolute atomic E-state index is 0.0128. The van der Waals surface area contributed by atoms with Crippen LogP contribution in [0.2, 0.25) is 0 Å². The van der Waals surface area contributed by atoms with E-state index in [0.717, 1.165) is 18.2 Å². The fourth-order valence-electron chi connectivity index (χ4n) is 4.38. The van der Waals surface area contributed by atoms with Crippen molar-refractivity contribution < 1.29 is 45.9 Å². The molecule has 0 amide bonds. The summed E-state index contributed by atoms with van der Waals surface area (Å²) in [7, 11) is -3.99. The third kappa shape index (κ3) is 5.13. The number of aliphatic hydroxyl groups is 1. The molecule has 4 aromatic rings. The van der Waals surface area contributed by atoms with Gasteiger partial charge in [0.15, 0.2) is 11.3 Å². The molecule has 11 nitrogen and oxygen atoms in total. The first kappa shape index (κ1) is 26.5. The number of rotatable bonds is 7. The van der Waals surface area contributed by atoms with Crippen molar-refractivity contribution in [3.05, 3.63) is 70.3 Å². The molecular formula is C25H20F2N2O9S. The van der Waals surface area contributed by atoms with Gasteiger partial charge < -0.3 is 19.0 Å². The smallest absolute Gasteiger partial charge is 0.387 e. The van der Waals surface area contributed by atoms with Crippen LogP contribution in [0.3, 0.4) is 0 Å². The highest BCUT2D eigenvalue weighted by Crippen LogP contribution is 2.39. The number of alkyl halides is 2. The van der Waals surface area contributed by atoms with Gasteiger partial charge in [-0.3, -0.25) is 10.1 Å². The largest absolute Gasteiger partial charge is 0.452 e. The Balaban J connectivity index is 1.60.